The predicted octanol–water partition coefficient (Wildman–Crippen LogP) is 3.28. The van der Waals surface area contributed by atoms with Crippen molar-refractivity contribution < 1.29 is 14.6 Å². The number of aromatic carboxylic acids is 1. The Bertz CT molecular complexity index is 368. The van der Waals surface area contributed by atoms with E-state index in [2.05, 4.69) is 15.9 Å². The third-order valence-electron chi connectivity index (χ3n) is 1.92. The minimum Gasteiger partial charge on any atom is -0.493 e. The number of hydrogen-bond donors (Lipinski definition) is 1. The number of hydrogen-bond acceptors (Lipinski definition) is 3. The molecule has 1 rings (SSSR count). The van der Waals surface area contributed by atoms with Crippen LogP contribution in [0.3, 0.4) is 0 Å². The normalized spacial score (nSPS) is 10.1. The molecule has 0 aromatic heterocycles. The van der Waals surface area contributed by atoms with Gasteiger partial charge in [-0.2, -0.15) is 11.8 Å². The van der Waals surface area contributed by atoms with Crippen LogP contribution in [0.25, 0.3) is 0 Å². The van der Waals surface area contributed by atoms with Crippen molar-refractivity contribution in [3.05, 3.63) is 28.2 Å². The van der Waals surface area contributed by atoms with E-state index in [1.165, 1.54) is 0 Å². The summed E-state index contributed by atoms with van der Waals surface area (Å²) in [7, 11) is 0. The number of ether oxygens (including phenoxy) is 1. The average Bonchev–Trinajstić information content (AvgIpc) is 2.26. The summed E-state index contributed by atoms with van der Waals surface area (Å²) in [6, 6.07) is 5.00. The lowest BCUT2D eigenvalue weighted by Gasteiger charge is -2.08. The Kier molecular flexibility index (Phi) is 5.69. The van der Waals surface area contributed by atoms with Crippen LogP contribution in [-0.4, -0.2) is 29.7 Å². The van der Waals surface area contributed by atoms with Gasteiger partial charge in [-0.25, -0.2) is 4.79 Å². The molecule has 0 atom stereocenters. The Morgan fingerprint density at radius 2 is 2.31 bits per heavy atom. The largest absolute Gasteiger partial charge is 0.493 e. The van der Waals surface area contributed by atoms with Gasteiger partial charge in [-0.1, -0.05) is 15.9 Å². The van der Waals surface area contributed by atoms with Gasteiger partial charge in [0, 0.05) is 4.47 Å². The molecule has 0 aliphatic heterocycles. The molecular formula is C11H13BrO3S. The summed E-state index contributed by atoms with van der Waals surface area (Å²) in [6.07, 6.45) is 2.94. The van der Waals surface area contributed by atoms with Gasteiger partial charge in [0.1, 0.15) is 11.3 Å². The quantitative estimate of drug-likeness (QED) is 0.819. The first-order valence-corrected chi connectivity index (χ1v) is 6.98. The number of carbonyl (C=O) groups is 1. The molecule has 0 amide bonds. The molecule has 0 unspecified atom stereocenters. The number of thioether (sulfide) groups is 1. The molecule has 0 fully saturated rings. The highest BCUT2D eigenvalue weighted by Crippen LogP contribution is 2.23. The number of rotatable bonds is 6. The lowest BCUT2D eigenvalue weighted by atomic mass is 10.2. The molecule has 1 aromatic carbocycles. The number of carboxylic acid groups (broad SMARTS) is 1. The fourth-order valence-electron chi connectivity index (χ4n) is 1.18. The molecule has 0 bridgehead atoms. The highest BCUT2D eigenvalue weighted by Gasteiger charge is 2.11. The first-order chi connectivity index (χ1) is 7.65. The van der Waals surface area contributed by atoms with Crippen LogP contribution in [-0.2, 0) is 0 Å². The second-order valence-corrected chi connectivity index (χ2v) is 5.04. The van der Waals surface area contributed by atoms with E-state index >= 15 is 0 Å². The van der Waals surface area contributed by atoms with E-state index in [4.69, 9.17) is 9.84 Å². The monoisotopic (exact) mass is 304 g/mol. The fraction of sp³-hybridized carbons (Fsp3) is 0.364. The zero-order chi connectivity index (χ0) is 12.0. The van der Waals surface area contributed by atoms with Gasteiger partial charge in [0.25, 0.3) is 0 Å². The van der Waals surface area contributed by atoms with E-state index < -0.39 is 5.97 Å². The molecule has 88 valence electrons. The van der Waals surface area contributed by atoms with Gasteiger partial charge in [-0.3, -0.25) is 0 Å². The molecule has 0 spiro atoms. The van der Waals surface area contributed by atoms with Crippen LogP contribution in [0.15, 0.2) is 22.7 Å². The van der Waals surface area contributed by atoms with E-state index in [9.17, 15) is 4.79 Å². The summed E-state index contributed by atoms with van der Waals surface area (Å²) in [5.74, 6) is 0.469. The van der Waals surface area contributed by atoms with Crippen LogP contribution in [0, 0.1) is 0 Å². The van der Waals surface area contributed by atoms with Crippen molar-refractivity contribution in [1.82, 2.24) is 0 Å². The van der Waals surface area contributed by atoms with Crippen LogP contribution < -0.4 is 4.74 Å². The van der Waals surface area contributed by atoms with E-state index in [1.807, 2.05) is 6.26 Å². The van der Waals surface area contributed by atoms with Gasteiger partial charge < -0.3 is 9.84 Å². The van der Waals surface area contributed by atoms with Crippen molar-refractivity contribution in [3.63, 3.8) is 0 Å². The summed E-state index contributed by atoms with van der Waals surface area (Å²) in [5, 5.41) is 8.99. The molecule has 0 heterocycles. The zero-order valence-corrected chi connectivity index (χ0v) is 11.3. The Morgan fingerprint density at radius 1 is 1.56 bits per heavy atom. The number of benzene rings is 1. The SMILES string of the molecule is CSCCCOc1ccc(Br)cc1C(=O)O. The molecular weight excluding hydrogens is 292 g/mol. The van der Waals surface area contributed by atoms with Crippen molar-refractivity contribution >= 4 is 33.7 Å². The van der Waals surface area contributed by atoms with Gasteiger partial charge in [0.15, 0.2) is 0 Å². The Hall–Kier alpha value is -0.680. The minimum atomic E-state index is -0.971. The van der Waals surface area contributed by atoms with Gasteiger partial charge in [0.05, 0.1) is 6.61 Å². The predicted molar refractivity (Wildman–Crippen MR) is 69.6 cm³/mol. The molecule has 0 saturated carbocycles. The maximum Gasteiger partial charge on any atom is 0.339 e. The minimum absolute atomic E-state index is 0.193. The summed E-state index contributed by atoms with van der Waals surface area (Å²) >= 11 is 4.98. The van der Waals surface area contributed by atoms with Crippen molar-refractivity contribution in [1.29, 1.82) is 0 Å². The van der Waals surface area contributed by atoms with E-state index in [1.54, 1.807) is 30.0 Å². The lowest BCUT2D eigenvalue weighted by molar-refractivity contribution is 0.0692. The van der Waals surface area contributed by atoms with E-state index in [0.717, 1.165) is 16.6 Å². The zero-order valence-electron chi connectivity index (χ0n) is 8.90. The van der Waals surface area contributed by atoms with Crippen LogP contribution in [0.1, 0.15) is 16.8 Å². The summed E-state index contributed by atoms with van der Waals surface area (Å²) in [4.78, 5) is 11.0. The molecule has 0 saturated heterocycles. The standard InChI is InChI=1S/C11H13BrO3S/c1-16-6-2-5-15-10-4-3-8(12)7-9(10)11(13)14/h3-4,7H,2,5-6H2,1H3,(H,13,14). The second-order valence-electron chi connectivity index (χ2n) is 3.14. The van der Waals surface area contributed by atoms with Crippen LogP contribution >= 0.6 is 27.7 Å². The van der Waals surface area contributed by atoms with Gasteiger partial charge in [0.2, 0.25) is 0 Å². The Morgan fingerprint density at radius 3 is 2.94 bits per heavy atom. The summed E-state index contributed by atoms with van der Waals surface area (Å²) < 4.78 is 6.18. The summed E-state index contributed by atoms with van der Waals surface area (Å²) in [5.41, 5.74) is 0.193. The smallest absolute Gasteiger partial charge is 0.339 e. The molecule has 1 aromatic rings. The van der Waals surface area contributed by atoms with Gasteiger partial charge in [-0.05, 0) is 36.6 Å². The molecule has 1 N–H and O–H groups in total. The third kappa shape index (κ3) is 4.06. The Labute approximate surface area is 107 Å². The van der Waals surface area contributed by atoms with E-state index in [0.29, 0.717) is 12.4 Å². The van der Waals surface area contributed by atoms with Crippen molar-refractivity contribution in [2.45, 2.75) is 6.42 Å². The highest BCUT2D eigenvalue weighted by atomic mass is 79.9. The topological polar surface area (TPSA) is 46.5 Å². The van der Waals surface area contributed by atoms with E-state index in [-0.39, 0.29) is 5.56 Å². The first kappa shape index (κ1) is 13.4. The second kappa shape index (κ2) is 6.81. The maximum absolute atomic E-state index is 11.0. The third-order valence-corrected chi connectivity index (χ3v) is 3.11. The molecule has 5 heteroatoms. The number of carboxylic acids is 1. The molecule has 3 nitrogen and oxygen atoms in total. The molecule has 0 aliphatic rings. The maximum atomic E-state index is 11.0. The molecule has 0 aliphatic carbocycles. The van der Waals surface area contributed by atoms with Gasteiger partial charge in [-0.15, -0.1) is 0 Å². The summed E-state index contributed by atoms with van der Waals surface area (Å²) in [6.45, 7) is 0.544. The fourth-order valence-corrected chi connectivity index (χ4v) is 1.95. The Balaban J connectivity index is 2.67. The van der Waals surface area contributed by atoms with Crippen molar-refractivity contribution in [2.24, 2.45) is 0 Å². The number of halogens is 1. The van der Waals surface area contributed by atoms with Gasteiger partial charge >= 0.3 is 5.97 Å². The highest BCUT2D eigenvalue weighted by molar-refractivity contribution is 9.10. The van der Waals surface area contributed by atoms with Crippen LogP contribution in [0.5, 0.6) is 5.75 Å². The van der Waals surface area contributed by atoms with Crippen LogP contribution in [0.2, 0.25) is 0 Å². The molecule has 0 radical (unpaired) electrons. The van der Waals surface area contributed by atoms with Crippen LogP contribution in [0.4, 0.5) is 0 Å². The first-order valence-electron chi connectivity index (χ1n) is 4.79. The average molecular weight is 305 g/mol. The molecule has 16 heavy (non-hydrogen) atoms. The van der Waals surface area contributed by atoms with Crippen molar-refractivity contribution in [3.8, 4) is 5.75 Å². The lowest BCUT2D eigenvalue weighted by Crippen LogP contribution is -2.05. The van der Waals surface area contributed by atoms with Crippen molar-refractivity contribution in [2.75, 3.05) is 18.6 Å².